The molecule has 0 aliphatic heterocycles. The predicted octanol–water partition coefficient (Wildman–Crippen LogP) is 6.85. The van der Waals surface area contributed by atoms with Gasteiger partial charge in [-0.15, -0.1) is 0 Å². The van der Waals surface area contributed by atoms with Gasteiger partial charge in [0.05, 0.1) is 6.10 Å². The van der Waals surface area contributed by atoms with Gasteiger partial charge >= 0.3 is 0 Å². The maximum absolute atomic E-state index is 6.95. The lowest BCUT2D eigenvalue weighted by Crippen LogP contribution is -2.37. The molecule has 1 atom stereocenters. The van der Waals surface area contributed by atoms with Crippen LogP contribution in [0.5, 0.6) is 0 Å². The van der Waals surface area contributed by atoms with Gasteiger partial charge in [0.2, 0.25) is 0 Å². The summed E-state index contributed by atoms with van der Waals surface area (Å²) >= 11 is 0. The van der Waals surface area contributed by atoms with E-state index in [1.165, 1.54) is 16.7 Å². The van der Waals surface area contributed by atoms with E-state index in [2.05, 4.69) is 94.4 Å². The van der Waals surface area contributed by atoms with Crippen molar-refractivity contribution in [1.82, 2.24) is 0 Å². The maximum atomic E-state index is 6.95. The summed E-state index contributed by atoms with van der Waals surface area (Å²) in [6.45, 7) is 8.99. The van der Waals surface area contributed by atoms with Crippen molar-refractivity contribution in [2.75, 3.05) is 0 Å². The van der Waals surface area contributed by atoms with E-state index < -0.39 is 8.32 Å². The van der Waals surface area contributed by atoms with Gasteiger partial charge in [-0.2, -0.15) is 0 Å². The molecule has 0 N–H and O–H groups in total. The monoisotopic (exact) mass is 338 g/mol. The van der Waals surface area contributed by atoms with E-state index in [0.717, 1.165) is 18.1 Å². The average molecular weight is 339 g/mol. The van der Waals surface area contributed by atoms with Crippen LogP contribution in [0, 0.1) is 0 Å². The third kappa shape index (κ3) is 4.25. The van der Waals surface area contributed by atoms with Gasteiger partial charge in [-0.1, -0.05) is 87.5 Å². The highest BCUT2D eigenvalue weighted by atomic mass is 28.4. The molecule has 2 aromatic carbocycles. The highest BCUT2D eigenvalue weighted by Crippen LogP contribution is 2.38. The van der Waals surface area contributed by atoms with Crippen LogP contribution in [-0.2, 0) is 4.43 Å². The molecule has 0 unspecified atom stereocenters. The Morgan fingerprint density at radius 2 is 1.38 bits per heavy atom. The summed E-state index contributed by atoms with van der Waals surface area (Å²) in [6, 6.07) is 24.8. The van der Waals surface area contributed by atoms with Crippen molar-refractivity contribution < 1.29 is 4.43 Å². The average Bonchev–Trinajstić information content (AvgIpc) is 2.67. The van der Waals surface area contributed by atoms with Gasteiger partial charge in [0.1, 0.15) is 0 Å². The summed E-state index contributed by atoms with van der Waals surface area (Å²) in [6.07, 6.45) is 2.23. The Balaban J connectivity index is 2.47. The minimum absolute atomic E-state index is 0.0186. The third-order valence-corrected chi connectivity index (χ3v) is 9.71. The molecule has 2 rings (SSSR count). The lowest BCUT2D eigenvalue weighted by Gasteiger charge is -2.35. The van der Waals surface area contributed by atoms with Gasteiger partial charge in [-0.05, 0) is 41.8 Å². The highest BCUT2D eigenvalue weighted by molar-refractivity contribution is 6.73. The third-order valence-electron chi connectivity index (χ3n) is 5.10. The van der Waals surface area contributed by atoms with Crippen LogP contribution in [0.25, 0.3) is 5.57 Å². The molecular formula is C22H30OSi. The normalized spacial score (nSPS) is 13.8. The number of hydrogen-bond acceptors (Lipinski definition) is 1. The van der Waals surface area contributed by atoms with Crippen molar-refractivity contribution in [2.24, 2.45) is 0 Å². The van der Waals surface area contributed by atoms with Crippen molar-refractivity contribution in [1.29, 1.82) is 0 Å². The number of benzene rings is 2. The Morgan fingerprint density at radius 1 is 0.875 bits per heavy atom. The number of allylic oxidation sites excluding steroid dienone is 1. The highest BCUT2D eigenvalue weighted by Gasteiger charge is 2.34. The standard InChI is InChI=1S/C22H30OSi/c1-5-21(19-15-11-9-12-16-19)22(20-17-13-10-14-18-20)23-24(6-2,7-3)8-4/h5,9-18,22H,6-8H2,1-4H3/b21-5+/t22-/m0/s1. The molecule has 0 fully saturated rings. The first kappa shape index (κ1) is 18.7. The number of rotatable bonds is 8. The van der Waals surface area contributed by atoms with Gasteiger partial charge < -0.3 is 4.43 Å². The fourth-order valence-electron chi connectivity index (χ4n) is 3.29. The molecule has 0 radical (unpaired) electrons. The fourth-order valence-corrected chi connectivity index (χ4v) is 6.05. The second-order valence-electron chi connectivity index (χ2n) is 6.26. The smallest absolute Gasteiger partial charge is 0.193 e. The summed E-state index contributed by atoms with van der Waals surface area (Å²) in [5.74, 6) is 0. The Labute approximate surface area is 148 Å². The first-order chi connectivity index (χ1) is 11.7. The van der Waals surface area contributed by atoms with Crippen molar-refractivity contribution in [3.05, 3.63) is 77.9 Å². The zero-order chi connectivity index (χ0) is 17.4. The molecule has 0 bridgehead atoms. The van der Waals surface area contributed by atoms with E-state index in [0.29, 0.717) is 0 Å². The Hall–Kier alpha value is -1.64. The van der Waals surface area contributed by atoms with E-state index in [-0.39, 0.29) is 6.10 Å². The van der Waals surface area contributed by atoms with Gasteiger partial charge in [0.25, 0.3) is 0 Å². The first-order valence-corrected chi connectivity index (χ1v) is 11.7. The van der Waals surface area contributed by atoms with Crippen LogP contribution in [0.1, 0.15) is 44.9 Å². The molecular weight excluding hydrogens is 308 g/mol. The van der Waals surface area contributed by atoms with E-state index in [1.807, 2.05) is 0 Å². The van der Waals surface area contributed by atoms with Crippen LogP contribution in [0.3, 0.4) is 0 Å². The van der Waals surface area contributed by atoms with E-state index in [1.54, 1.807) is 0 Å². The first-order valence-electron chi connectivity index (χ1n) is 9.14. The topological polar surface area (TPSA) is 9.23 Å². The van der Waals surface area contributed by atoms with Crippen LogP contribution in [0.2, 0.25) is 18.1 Å². The molecule has 0 heterocycles. The zero-order valence-corrected chi connectivity index (χ0v) is 16.5. The summed E-state index contributed by atoms with van der Waals surface area (Å²) in [7, 11) is -1.72. The predicted molar refractivity (Wildman–Crippen MR) is 108 cm³/mol. The Bertz CT molecular complexity index is 621. The summed E-state index contributed by atoms with van der Waals surface area (Å²) in [4.78, 5) is 0. The van der Waals surface area contributed by atoms with Gasteiger partial charge in [0, 0.05) is 0 Å². The molecule has 1 nitrogen and oxygen atoms in total. The molecule has 0 aliphatic rings. The van der Waals surface area contributed by atoms with Gasteiger partial charge in [-0.3, -0.25) is 0 Å². The quantitative estimate of drug-likeness (QED) is 0.478. The van der Waals surface area contributed by atoms with E-state index in [9.17, 15) is 0 Å². The van der Waals surface area contributed by atoms with Crippen molar-refractivity contribution in [3.8, 4) is 0 Å². The second-order valence-corrected chi connectivity index (χ2v) is 11.0. The Morgan fingerprint density at radius 3 is 1.83 bits per heavy atom. The molecule has 128 valence electrons. The fraction of sp³-hybridized carbons (Fsp3) is 0.364. The lowest BCUT2D eigenvalue weighted by molar-refractivity contribution is 0.247. The lowest BCUT2D eigenvalue weighted by atomic mass is 9.95. The molecule has 2 aromatic rings. The van der Waals surface area contributed by atoms with Crippen molar-refractivity contribution >= 4 is 13.9 Å². The summed E-state index contributed by atoms with van der Waals surface area (Å²) < 4.78 is 6.95. The number of hydrogen-bond donors (Lipinski definition) is 0. The van der Waals surface area contributed by atoms with Crippen molar-refractivity contribution in [2.45, 2.75) is 51.9 Å². The van der Waals surface area contributed by atoms with Crippen molar-refractivity contribution in [3.63, 3.8) is 0 Å². The summed E-state index contributed by atoms with van der Waals surface area (Å²) in [5.41, 5.74) is 3.77. The molecule has 0 saturated heterocycles. The van der Waals surface area contributed by atoms with Gasteiger partial charge in [-0.25, -0.2) is 0 Å². The molecule has 0 saturated carbocycles. The second kappa shape index (κ2) is 9.00. The molecule has 0 amide bonds. The van der Waals surface area contributed by atoms with E-state index >= 15 is 0 Å². The maximum Gasteiger partial charge on any atom is 0.193 e. The Kier molecular flexibility index (Phi) is 7.01. The zero-order valence-electron chi connectivity index (χ0n) is 15.5. The molecule has 0 aliphatic carbocycles. The van der Waals surface area contributed by atoms with Crippen LogP contribution >= 0.6 is 0 Å². The summed E-state index contributed by atoms with van der Waals surface area (Å²) in [5, 5.41) is 0. The van der Waals surface area contributed by atoms with Gasteiger partial charge in [0.15, 0.2) is 8.32 Å². The van der Waals surface area contributed by atoms with Crippen LogP contribution < -0.4 is 0 Å². The molecule has 0 spiro atoms. The molecule has 24 heavy (non-hydrogen) atoms. The minimum Gasteiger partial charge on any atom is -0.406 e. The minimum atomic E-state index is -1.72. The van der Waals surface area contributed by atoms with Crippen LogP contribution in [0.15, 0.2) is 66.7 Å². The SMILES string of the molecule is C/C=C(\c1ccccc1)[C@@H](O[Si](CC)(CC)CC)c1ccccc1. The van der Waals surface area contributed by atoms with E-state index in [4.69, 9.17) is 4.43 Å². The van der Waals surface area contributed by atoms with Crippen LogP contribution in [-0.4, -0.2) is 8.32 Å². The molecule has 0 aromatic heterocycles. The van der Waals surface area contributed by atoms with Crippen LogP contribution in [0.4, 0.5) is 0 Å². The largest absolute Gasteiger partial charge is 0.406 e. The molecule has 2 heteroatoms.